The minimum Gasteiger partial charge on any atom is -0.313 e. The predicted molar refractivity (Wildman–Crippen MR) is 58.8 cm³/mol. The second-order valence-corrected chi connectivity index (χ2v) is 4.41. The smallest absolute Gasteiger partial charge is 0.00953 e. The molecule has 0 aromatic rings. The molecule has 13 heavy (non-hydrogen) atoms. The van der Waals surface area contributed by atoms with Crippen molar-refractivity contribution in [1.82, 2.24) is 5.32 Å². The van der Waals surface area contributed by atoms with E-state index in [1.807, 2.05) is 6.08 Å². The summed E-state index contributed by atoms with van der Waals surface area (Å²) in [4.78, 5) is 0. The maximum atomic E-state index is 3.74. The van der Waals surface area contributed by atoms with E-state index in [1.165, 1.54) is 19.3 Å². The summed E-state index contributed by atoms with van der Waals surface area (Å²) in [5.41, 5.74) is 0. The summed E-state index contributed by atoms with van der Waals surface area (Å²) >= 11 is 0. The lowest BCUT2D eigenvalue weighted by Gasteiger charge is -2.34. The fraction of sp³-hybridized carbons (Fsp3) is 0.833. The van der Waals surface area contributed by atoms with Crippen LogP contribution >= 0.6 is 0 Å². The Balaban J connectivity index is 2.26. The van der Waals surface area contributed by atoms with E-state index >= 15 is 0 Å². The van der Waals surface area contributed by atoms with Crippen LogP contribution in [0.15, 0.2) is 12.7 Å². The minimum absolute atomic E-state index is 0.753. The Morgan fingerprint density at radius 1 is 1.38 bits per heavy atom. The van der Waals surface area contributed by atoms with Gasteiger partial charge in [-0.2, -0.15) is 0 Å². The minimum atomic E-state index is 0.753. The molecule has 1 heteroatoms. The summed E-state index contributed by atoms with van der Waals surface area (Å²) in [6.45, 7) is 9.61. The van der Waals surface area contributed by atoms with Crippen LogP contribution in [0, 0.1) is 11.8 Å². The zero-order valence-corrected chi connectivity index (χ0v) is 9.05. The topological polar surface area (TPSA) is 12.0 Å². The first-order valence-electron chi connectivity index (χ1n) is 5.60. The molecule has 0 bridgehead atoms. The molecule has 3 unspecified atom stereocenters. The first-order valence-corrected chi connectivity index (χ1v) is 5.60. The SMILES string of the molecule is C=CCCNC1CCCC(C)C1C. The van der Waals surface area contributed by atoms with E-state index in [9.17, 15) is 0 Å². The maximum absolute atomic E-state index is 3.74. The molecule has 0 spiro atoms. The third kappa shape index (κ3) is 3.15. The molecule has 0 aromatic heterocycles. The molecule has 1 rings (SSSR count). The van der Waals surface area contributed by atoms with Gasteiger partial charge in [0.05, 0.1) is 0 Å². The highest BCUT2D eigenvalue weighted by Gasteiger charge is 2.25. The Bertz CT molecular complexity index is 153. The molecule has 0 amide bonds. The summed E-state index contributed by atoms with van der Waals surface area (Å²) in [7, 11) is 0. The van der Waals surface area contributed by atoms with Crippen LogP contribution in [0.5, 0.6) is 0 Å². The van der Waals surface area contributed by atoms with Crippen molar-refractivity contribution in [2.24, 2.45) is 11.8 Å². The Hall–Kier alpha value is -0.300. The van der Waals surface area contributed by atoms with Crippen molar-refractivity contribution in [3.05, 3.63) is 12.7 Å². The van der Waals surface area contributed by atoms with Crippen molar-refractivity contribution in [3.63, 3.8) is 0 Å². The van der Waals surface area contributed by atoms with Gasteiger partial charge in [-0.05, 0) is 31.2 Å². The molecule has 1 aliphatic carbocycles. The molecule has 0 saturated heterocycles. The first-order chi connectivity index (χ1) is 6.25. The Kier molecular flexibility index (Phi) is 4.51. The lowest BCUT2D eigenvalue weighted by molar-refractivity contribution is 0.208. The van der Waals surface area contributed by atoms with Gasteiger partial charge in [0.2, 0.25) is 0 Å². The normalized spacial score (nSPS) is 34.5. The Morgan fingerprint density at radius 2 is 2.15 bits per heavy atom. The summed E-state index contributed by atoms with van der Waals surface area (Å²) in [5.74, 6) is 1.74. The average molecular weight is 181 g/mol. The third-order valence-electron chi connectivity index (χ3n) is 3.46. The fourth-order valence-corrected chi connectivity index (χ4v) is 2.24. The highest BCUT2D eigenvalue weighted by atomic mass is 14.9. The summed E-state index contributed by atoms with van der Waals surface area (Å²) < 4.78 is 0. The van der Waals surface area contributed by atoms with E-state index in [0.717, 1.165) is 30.8 Å². The van der Waals surface area contributed by atoms with Gasteiger partial charge in [-0.25, -0.2) is 0 Å². The molecule has 0 aliphatic heterocycles. The van der Waals surface area contributed by atoms with E-state index in [4.69, 9.17) is 0 Å². The van der Waals surface area contributed by atoms with Gasteiger partial charge in [0.25, 0.3) is 0 Å². The zero-order valence-electron chi connectivity index (χ0n) is 9.05. The summed E-state index contributed by atoms with van der Waals surface area (Å²) in [6.07, 6.45) is 7.27. The van der Waals surface area contributed by atoms with Gasteiger partial charge in [-0.1, -0.05) is 32.8 Å². The maximum Gasteiger partial charge on any atom is 0.00953 e. The third-order valence-corrected chi connectivity index (χ3v) is 3.46. The quantitative estimate of drug-likeness (QED) is 0.519. The Labute approximate surface area is 82.6 Å². The van der Waals surface area contributed by atoms with Crippen LogP contribution in [0.2, 0.25) is 0 Å². The van der Waals surface area contributed by atoms with Gasteiger partial charge in [0.15, 0.2) is 0 Å². The van der Waals surface area contributed by atoms with Crippen LogP contribution in [-0.2, 0) is 0 Å². The molecule has 1 fully saturated rings. The molecule has 1 saturated carbocycles. The van der Waals surface area contributed by atoms with E-state index in [0.29, 0.717) is 0 Å². The summed E-state index contributed by atoms with van der Waals surface area (Å²) in [5, 5.41) is 3.63. The van der Waals surface area contributed by atoms with Gasteiger partial charge < -0.3 is 5.32 Å². The average Bonchev–Trinajstić information content (AvgIpc) is 2.13. The van der Waals surface area contributed by atoms with Crippen LogP contribution in [0.3, 0.4) is 0 Å². The molecule has 1 aliphatic rings. The van der Waals surface area contributed by atoms with Crippen molar-refractivity contribution in [2.45, 2.75) is 45.6 Å². The molecule has 0 radical (unpaired) electrons. The van der Waals surface area contributed by atoms with Crippen molar-refractivity contribution < 1.29 is 0 Å². The van der Waals surface area contributed by atoms with E-state index < -0.39 is 0 Å². The van der Waals surface area contributed by atoms with Crippen LogP contribution in [0.25, 0.3) is 0 Å². The lowest BCUT2D eigenvalue weighted by Crippen LogP contribution is -2.40. The van der Waals surface area contributed by atoms with E-state index in [1.54, 1.807) is 0 Å². The van der Waals surface area contributed by atoms with Crippen LogP contribution < -0.4 is 5.32 Å². The molecular weight excluding hydrogens is 158 g/mol. The van der Waals surface area contributed by atoms with Gasteiger partial charge >= 0.3 is 0 Å². The summed E-state index contributed by atoms with van der Waals surface area (Å²) in [6, 6.07) is 0.753. The number of nitrogens with one attached hydrogen (secondary N) is 1. The molecule has 76 valence electrons. The van der Waals surface area contributed by atoms with E-state index in [2.05, 4.69) is 25.7 Å². The number of hydrogen-bond acceptors (Lipinski definition) is 1. The number of hydrogen-bond donors (Lipinski definition) is 1. The van der Waals surface area contributed by atoms with Gasteiger partial charge in [0.1, 0.15) is 0 Å². The second kappa shape index (κ2) is 5.43. The van der Waals surface area contributed by atoms with Crippen LogP contribution in [0.1, 0.15) is 39.5 Å². The van der Waals surface area contributed by atoms with Gasteiger partial charge in [-0.3, -0.25) is 0 Å². The predicted octanol–water partition coefficient (Wildman–Crippen LogP) is 2.98. The van der Waals surface area contributed by atoms with Crippen LogP contribution in [0.4, 0.5) is 0 Å². The molecular formula is C12H23N. The first kappa shape index (κ1) is 10.8. The Morgan fingerprint density at radius 3 is 2.85 bits per heavy atom. The molecule has 3 atom stereocenters. The van der Waals surface area contributed by atoms with E-state index in [-0.39, 0.29) is 0 Å². The van der Waals surface area contributed by atoms with Crippen molar-refractivity contribution in [3.8, 4) is 0 Å². The molecule has 0 aromatic carbocycles. The fourth-order valence-electron chi connectivity index (χ4n) is 2.24. The van der Waals surface area contributed by atoms with Gasteiger partial charge in [-0.15, -0.1) is 6.58 Å². The van der Waals surface area contributed by atoms with Crippen molar-refractivity contribution in [2.75, 3.05) is 6.54 Å². The standard InChI is InChI=1S/C12H23N/c1-4-5-9-13-12-8-6-7-10(2)11(12)3/h4,10-13H,1,5-9H2,2-3H3. The molecule has 0 heterocycles. The van der Waals surface area contributed by atoms with Gasteiger partial charge in [0, 0.05) is 6.04 Å². The molecule has 1 N–H and O–H groups in total. The highest BCUT2D eigenvalue weighted by molar-refractivity contribution is 4.82. The second-order valence-electron chi connectivity index (χ2n) is 4.41. The monoisotopic (exact) mass is 181 g/mol. The van der Waals surface area contributed by atoms with Crippen molar-refractivity contribution in [1.29, 1.82) is 0 Å². The van der Waals surface area contributed by atoms with Crippen molar-refractivity contribution >= 4 is 0 Å². The lowest BCUT2D eigenvalue weighted by atomic mass is 9.78. The van der Waals surface area contributed by atoms with Crippen LogP contribution in [-0.4, -0.2) is 12.6 Å². The highest BCUT2D eigenvalue weighted by Crippen LogP contribution is 2.29. The zero-order chi connectivity index (χ0) is 9.68. The molecule has 1 nitrogen and oxygen atoms in total. The number of rotatable bonds is 4. The largest absolute Gasteiger partial charge is 0.313 e.